The van der Waals surface area contributed by atoms with Gasteiger partial charge in [-0.2, -0.15) is 18.4 Å². The Morgan fingerprint density at radius 3 is 2.38 bits per heavy atom. The molecule has 7 nitrogen and oxygen atoms in total. The first-order chi connectivity index (χ1) is 18.7. The van der Waals surface area contributed by atoms with Crippen LogP contribution in [0.25, 0.3) is 10.4 Å². The number of aromatic nitrogens is 1. The smallest absolute Gasteiger partial charge is 0.369 e. The van der Waals surface area contributed by atoms with Crippen LogP contribution in [-0.4, -0.2) is 61.5 Å². The van der Waals surface area contributed by atoms with E-state index in [1.165, 1.54) is 0 Å². The Labute approximate surface area is 232 Å². The number of alkyl halides is 5. The normalized spacial score (nSPS) is 25.1. The van der Waals surface area contributed by atoms with E-state index >= 15 is 0 Å². The van der Waals surface area contributed by atoms with E-state index in [1.807, 2.05) is 11.0 Å². The maximum atomic E-state index is 14.5. The van der Waals surface area contributed by atoms with Crippen molar-refractivity contribution < 1.29 is 35.2 Å². The quantitative estimate of drug-likeness (QED) is 0.475. The molecule has 2 aromatic rings. The van der Waals surface area contributed by atoms with Crippen molar-refractivity contribution in [1.82, 2.24) is 10.3 Å². The summed E-state index contributed by atoms with van der Waals surface area (Å²) in [7, 11) is -3.08. The summed E-state index contributed by atoms with van der Waals surface area (Å²) >= 11 is 0.822. The molecule has 216 valence electrons. The van der Waals surface area contributed by atoms with Crippen molar-refractivity contribution in [2.45, 2.75) is 62.1 Å². The van der Waals surface area contributed by atoms with Gasteiger partial charge in [-0.1, -0.05) is 12.1 Å². The number of hydrogen-bond acceptors (Lipinski definition) is 7. The highest BCUT2D eigenvalue weighted by atomic mass is 32.2. The van der Waals surface area contributed by atoms with E-state index in [2.05, 4.69) is 10.3 Å². The highest BCUT2D eigenvalue weighted by Crippen LogP contribution is 2.49. The Hall–Kier alpha value is -2.79. The third kappa shape index (κ3) is 6.40. The van der Waals surface area contributed by atoms with Gasteiger partial charge >= 0.3 is 6.18 Å². The zero-order valence-electron chi connectivity index (χ0n) is 21.3. The van der Waals surface area contributed by atoms with Crippen LogP contribution in [-0.2, 0) is 21.1 Å². The third-order valence-electron chi connectivity index (χ3n) is 7.73. The van der Waals surface area contributed by atoms with Gasteiger partial charge in [0.15, 0.2) is 9.84 Å². The van der Waals surface area contributed by atoms with Gasteiger partial charge in [-0.15, -0.1) is 11.3 Å². The molecule has 3 fully saturated rings. The summed E-state index contributed by atoms with van der Waals surface area (Å²) in [5, 5.41) is 11.7. The van der Waals surface area contributed by atoms with Crippen LogP contribution in [0.15, 0.2) is 24.3 Å². The van der Waals surface area contributed by atoms with Crippen molar-refractivity contribution in [3.63, 3.8) is 0 Å². The van der Waals surface area contributed by atoms with Gasteiger partial charge in [-0.05, 0) is 37.0 Å². The van der Waals surface area contributed by atoms with Gasteiger partial charge in [-0.3, -0.25) is 4.79 Å². The largest absolute Gasteiger partial charge is 0.395 e. The molecule has 1 saturated heterocycles. The number of nitriles is 1. The number of carbonyl (C=O) groups is 1. The molecule has 2 heterocycles. The maximum absolute atomic E-state index is 14.5. The first-order valence-electron chi connectivity index (χ1n) is 12.9. The molecule has 1 aliphatic heterocycles. The lowest BCUT2D eigenvalue weighted by molar-refractivity contribution is -0.134. The van der Waals surface area contributed by atoms with E-state index in [0.29, 0.717) is 36.4 Å². The van der Waals surface area contributed by atoms with Crippen LogP contribution in [0.4, 0.5) is 27.6 Å². The predicted molar refractivity (Wildman–Crippen MR) is 139 cm³/mol. The van der Waals surface area contributed by atoms with Crippen LogP contribution in [0, 0.1) is 17.2 Å². The molecule has 2 atom stereocenters. The van der Waals surface area contributed by atoms with Crippen LogP contribution in [0.3, 0.4) is 0 Å². The van der Waals surface area contributed by atoms with Crippen molar-refractivity contribution in [1.29, 1.82) is 5.26 Å². The van der Waals surface area contributed by atoms with Gasteiger partial charge in [0.2, 0.25) is 11.8 Å². The second-order valence-corrected chi connectivity index (χ2v) is 14.2. The fourth-order valence-corrected chi connectivity index (χ4v) is 7.70. The first-order valence-corrected chi connectivity index (χ1v) is 15.6. The Balaban J connectivity index is 1.48. The zero-order valence-corrected chi connectivity index (χ0v) is 22.9. The Bertz CT molecular complexity index is 1420. The van der Waals surface area contributed by atoms with Crippen LogP contribution in [0.1, 0.15) is 48.7 Å². The fourth-order valence-electron chi connectivity index (χ4n) is 5.33. The number of amides is 1. The van der Waals surface area contributed by atoms with E-state index < -0.39 is 64.5 Å². The lowest BCUT2D eigenvalue weighted by atomic mass is 9.74. The highest BCUT2D eigenvalue weighted by molar-refractivity contribution is 7.91. The Kier molecular flexibility index (Phi) is 7.35. The van der Waals surface area contributed by atoms with Gasteiger partial charge in [0.05, 0.1) is 40.5 Å². The molecule has 0 unspecified atom stereocenters. The lowest BCUT2D eigenvalue weighted by Crippen LogP contribution is -2.45. The van der Waals surface area contributed by atoms with Gasteiger partial charge in [0.1, 0.15) is 10.5 Å². The standard InChI is InChI=1S/C26H27F5N4O3S2/c27-25(28)6-5-18(19(13-25)23(36)34-24(15-32)7-8-24)21-22(39-20(33-21)14-26(29,30)31)16-1-3-17(4-2-16)35-9-11-40(37,38)12-10-35/h1-4,18-19H,5-14H2,(H,34,36)/t18-,19-/m1/s1. The molecule has 2 saturated carbocycles. The molecule has 1 N–H and O–H groups in total. The van der Waals surface area contributed by atoms with Crippen LogP contribution < -0.4 is 10.2 Å². The summed E-state index contributed by atoms with van der Waals surface area (Å²) in [6, 6.07) is 8.86. The van der Waals surface area contributed by atoms with Crippen molar-refractivity contribution in [3.05, 3.63) is 35.0 Å². The molecule has 14 heteroatoms. The summed E-state index contributed by atoms with van der Waals surface area (Å²) in [5.41, 5.74) is 0.380. The number of anilines is 1. The Morgan fingerprint density at radius 1 is 1.15 bits per heavy atom. The monoisotopic (exact) mass is 602 g/mol. The molecule has 0 spiro atoms. The van der Waals surface area contributed by atoms with Gasteiger partial charge in [0.25, 0.3) is 0 Å². The molecule has 0 bridgehead atoms. The molecular weight excluding hydrogens is 575 g/mol. The fraction of sp³-hybridized carbons (Fsp3) is 0.577. The first kappa shape index (κ1) is 28.7. The second kappa shape index (κ2) is 10.2. The summed E-state index contributed by atoms with van der Waals surface area (Å²) in [6.45, 7) is 0.640. The van der Waals surface area contributed by atoms with Crippen LogP contribution >= 0.6 is 11.3 Å². The summed E-state index contributed by atoms with van der Waals surface area (Å²) < 4.78 is 92.4. The number of nitrogens with one attached hydrogen (secondary N) is 1. The number of benzene rings is 1. The number of carbonyl (C=O) groups excluding carboxylic acids is 1. The molecule has 1 amide bonds. The predicted octanol–water partition coefficient (Wildman–Crippen LogP) is 4.84. The van der Waals surface area contributed by atoms with Crippen LogP contribution in [0.5, 0.6) is 0 Å². The van der Waals surface area contributed by atoms with E-state index in [-0.39, 0.29) is 28.6 Å². The van der Waals surface area contributed by atoms with E-state index in [9.17, 15) is 40.4 Å². The molecule has 2 aliphatic carbocycles. The minimum absolute atomic E-state index is 0.0252. The SMILES string of the molecule is N#CC1(NC(=O)[C@@H]2CC(F)(F)CC[C@H]2c2nc(CC(F)(F)F)sc2-c2ccc(N3CCS(=O)(=O)CC3)cc2)CC1. The van der Waals surface area contributed by atoms with E-state index in [1.54, 1.807) is 24.3 Å². The average molecular weight is 603 g/mol. The van der Waals surface area contributed by atoms with E-state index in [4.69, 9.17) is 0 Å². The zero-order chi connectivity index (χ0) is 28.9. The topological polar surface area (TPSA) is 103 Å². The van der Waals surface area contributed by atoms with Crippen molar-refractivity contribution in [3.8, 4) is 16.5 Å². The van der Waals surface area contributed by atoms with Gasteiger partial charge < -0.3 is 10.2 Å². The minimum Gasteiger partial charge on any atom is -0.369 e. The Morgan fingerprint density at radius 2 is 1.80 bits per heavy atom. The van der Waals surface area contributed by atoms with Crippen molar-refractivity contribution in [2.24, 2.45) is 5.92 Å². The number of halogens is 5. The molecule has 1 aromatic heterocycles. The molecule has 3 aliphatic rings. The third-order valence-corrected chi connectivity index (χ3v) is 10.5. The molecule has 40 heavy (non-hydrogen) atoms. The summed E-state index contributed by atoms with van der Waals surface area (Å²) in [5.74, 6) is -5.90. The molecule has 0 radical (unpaired) electrons. The van der Waals surface area contributed by atoms with Gasteiger partial charge in [-0.25, -0.2) is 22.2 Å². The second-order valence-electron chi connectivity index (χ2n) is 10.8. The average Bonchev–Trinajstić information content (AvgIpc) is 3.53. The van der Waals surface area contributed by atoms with Crippen molar-refractivity contribution in [2.75, 3.05) is 29.5 Å². The number of nitrogens with zero attached hydrogens (tertiary/aromatic N) is 3. The minimum atomic E-state index is -4.54. The van der Waals surface area contributed by atoms with E-state index in [0.717, 1.165) is 17.0 Å². The number of sulfone groups is 1. The molecular formula is C26H27F5N4O3S2. The van der Waals surface area contributed by atoms with Crippen LogP contribution in [0.2, 0.25) is 0 Å². The molecule has 5 rings (SSSR count). The van der Waals surface area contributed by atoms with Crippen molar-refractivity contribution >= 4 is 32.8 Å². The van der Waals surface area contributed by atoms with Gasteiger partial charge in [0, 0.05) is 37.5 Å². The molecule has 1 aromatic carbocycles. The highest BCUT2D eigenvalue weighted by Gasteiger charge is 2.51. The number of hydrogen-bond donors (Lipinski definition) is 1. The lowest BCUT2D eigenvalue weighted by Gasteiger charge is -2.35. The number of thiazole rings is 1. The summed E-state index contributed by atoms with van der Waals surface area (Å²) in [6.07, 6.45) is -6.46. The number of rotatable bonds is 6. The maximum Gasteiger partial charge on any atom is 0.395 e. The summed E-state index contributed by atoms with van der Waals surface area (Å²) in [4.78, 5) is 19.7.